The molecule has 0 aliphatic heterocycles. The van der Waals surface area contributed by atoms with Gasteiger partial charge in [0.1, 0.15) is 0 Å². The van der Waals surface area contributed by atoms with Gasteiger partial charge in [-0.25, -0.2) is 0 Å². The monoisotopic (exact) mass is 254 g/mol. The maximum atomic E-state index is 11.9. The largest absolute Gasteiger partial charge is 0.342 e. The number of hydrogen-bond donors (Lipinski definition) is 1. The zero-order valence-electron chi connectivity index (χ0n) is 12.5. The van der Waals surface area contributed by atoms with Crippen molar-refractivity contribution < 1.29 is 4.79 Å². The smallest absolute Gasteiger partial charge is 0.236 e. The van der Waals surface area contributed by atoms with Gasteiger partial charge < -0.3 is 10.2 Å². The molecule has 1 N–H and O–H groups in total. The SMILES string of the molecule is CC(C)N(C)C(=O)CN[C@@H](C)C1CCCCCC1. The van der Waals surface area contributed by atoms with Crippen LogP contribution in [0.15, 0.2) is 0 Å². The maximum absolute atomic E-state index is 11.9. The van der Waals surface area contributed by atoms with E-state index in [9.17, 15) is 4.79 Å². The van der Waals surface area contributed by atoms with Gasteiger partial charge >= 0.3 is 0 Å². The van der Waals surface area contributed by atoms with Crippen LogP contribution in [0.2, 0.25) is 0 Å². The van der Waals surface area contributed by atoms with Gasteiger partial charge in [-0.15, -0.1) is 0 Å². The van der Waals surface area contributed by atoms with Gasteiger partial charge in [0.25, 0.3) is 0 Å². The molecule has 0 unspecified atom stereocenters. The summed E-state index contributed by atoms with van der Waals surface area (Å²) in [5, 5.41) is 3.42. The lowest BCUT2D eigenvalue weighted by atomic mass is 9.93. The van der Waals surface area contributed by atoms with Crippen LogP contribution in [0.4, 0.5) is 0 Å². The highest BCUT2D eigenvalue weighted by Crippen LogP contribution is 2.25. The third-order valence-electron chi connectivity index (χ3n) is 4.35. The Balaban J connectivity index is 2.31. The number of amides is 1. The number of hydrogen-bond acceptors (Lipinski definition) is 2. The molecule has 3 heteroatoms. The van der Waals surface area contributed by atoms with Gasteiger partial charge in [-0.1, -0.05) is 25.7 Å². The van der Waals surface area contributed by atoms with Crippen molar-refractivity contribution in [3.05, 3.63) is 0 Å². The molecule has 1 aliphatic carbocycles. The second kappa shape index (κ2) is 7.78. The Labute approximate surface area is 112 Å². The van der Waals surface area contributed by atoms with Crippen LogP contribution in [0, 0.1) is 5.92 Å². The Morgan fingerprint density at radius 2 is 1.72 bits per heavy atom. The van der Waals surface area contributed by atoms with Crippen LogP contribution >= 0.6 is 0 Å². The van der Waals surface area contributed by atoms with E-state index in [2.05, 4.69) is 12.2 Å². The molecule has 0 aromatic carbocycles. The van der Waals surface area contributed by atoms with Crippen LogP contribution in [0.5, 0.6) is 0 Å². The Kier molecular flexibility index (Phi) is 6.69. The normalized spacial score (nSPS) is 19.6. The summed E-state index contributed by atoms with van der Waals surface area (Å²) in [5.74, 6) is 0.954. The highest BCUT2D eigenvalue weighted by molar-refractivity contribution is 5.78. The first-order valence-corrected chi connectivity index (χ1v) is 7.51. The molecule has 0 radical (unpaired) electrons. The van der Waals surface area contributed by atoms with E-state index in [-0.39, 0.29) is 11.9 Å². The minimum Gasteiger partial charge on any atom is -0.342 e. The van der Waals surface area contributed by atoms with Crippen LogP contribution in [-0.2, 0) is 4.79 Å². The average molecular weight is 254 g/mol. The first-order chi connectivity index (χ1) is 8.52. The summed E-state index contributed by atoms with van der Waals surface area (Å²) in [6, 6.07) is 0.750. The van der Waals surface area contributed by atoms with E-state index < -0.39 is 0 Å². The molecule has 106 valence electrons. The van der Waals surface area contributed by atoms with Crippen molar-refractivity contribution in [2.45, 2.75) is 71.4 Å². The summed E-state index contributed by atoms with van der Waals surface area (Å²) in [6.45, 7) is 6.81. The first kappa shape index (κ1) is 15.5. The zero-order valence-corrected chi connectivity index (χ0v) is 12.5. The Hall–Kier alpha value is -0.570. The molecule has 0 aromatic heterocycles. The summed E-state index contributed by atoms with van der Waals surface area (Å²) in [7, 11) is 1.88. The molecule has 0 saturated heterocycles. The molecule has 3 nitrogen and oxygen atoms in total. The van der Waals surface area contributed by atoms with E-state index in [4.69, 9.17) is 0 Å². The summed E-state index contributed by atoms with van der Waals surface area (Å²) in [6.07, 6.45) is 8.13. The molecule has 1 fully saturated rings. The molecular formula is C15H30N2O. The van der Waals surface area contributed by atoms with E-state index in [0.29, 0.717) is 12.6 Å². The number of carbonyl (C=O) groups is 1. The van der Waals surface area contributed by atoms with Crippen molar-refractivity contribution in [3.63, 3.8) is 0 Å². The van der Waals surface area contributed by atoms with E-state index in [1.807, 2.05) is 25.8 Å². The van der Waals surface area contributed by atoms with Gasteiger partial charge in [0.05, 0.1) is 6.54 Å². The van der Waals surface area contributed by atoms with Gasteiger partial charge in [-0.3, -0.25) is 4.79 Å². The second-order valence-electron chi connectivity index (χ2n) is 6.02. The van der Waals surface area contributed by atoms with Crippen molar-refractivity contribution >= 4 is 5.91 Å². The maximum Gasteiger partial charge on any atom is 0.236 e. The first-order valence-electron chi connectivity index (χ1n) is 7.51. The predicted molar refractivity (Wildman–Crippen MR) is 76.6 cm³/mol. The summed E-state index contributed by atoms with van der Waals surface area (Å²) in [4.78, 5) is 13.7. The Bertz CT molecular complexity index is 245. The zero-order chi connectivity index (χ0) is 13.5. The third-order valence-corrected chi connectivity index (χ3v) is 4.35. The topological polar surface area (TPSA) is 32.3 Å². The minimum atomic E-state index is 0.200. The highest BCUT2D eigenvalue weighted by atomic mass is 16.2. The number of nitrogens with one attached hydrogen (secondary N) is 1. The fraction of sp³-hybridized carbons (Fsp3) is 0.933. The van der Waals surface area contributed by atoms with E-state index in [1.165, 1.54) is 38.5 Å². The summed E-state index contributed by atoms with van der Waals surface area (Å²) in [5.41, 5.74) is 0. The van der Waals surface area contributed by atoms with Gasteiger partial charge in [0, 0.05) is 19.1 Å². The quantitative estimate of drug-likeness (QED) is 0.765. The standard InChI is InChI=1S/C15H30N2O/c1-12(2)17(4)15(18)11-16-13(3)14-9-7-5-6-8-10-14/h12-14,16H,5-11H2,1-4H3/t13-/m0/s1. The third kappa shape index (κ3) is 4.97. The predicted octanol–water partition coefficient (Wildman–Crippen LogP) is 2.80. The van der Waals surface area contributed by atoms with Crippen LogP contribution in [0.1, 0.15) is 59.3 Å². The van der Waals surface area contributed by atoms with Crippen LogP contribution < -0.4 is 5.32 Å². The van der Waals surface area contributed by atoms with Gasteiger partial charge in [0.15, 0.2) is 0 Å². The van der Waals surface area contributed by atoms with Gasteiger partial charge in [-0.05, 0) is 39.5 Å². The Morgan fingerprint density at radius 1 is 1.17 bits per heavy atom. The number of rotatable bonds is 5. The fourth-order valence-electron chi connectivity index (χ4n) is 2.64. The van der Waals surface area contributed by atoms with Crippen molar-refractivity contribution in [2.24, 2.45) is 5.92 Å². The number of carbonyl (C=O) groups excluding carboxylic acids is 1. The Morgan fingerprint density at radius 3 is 2.22 bits per heavy atom. The molecule has 0 bridgehead atoms. The second-order valence-corrected chi connectivity index (χ2v) is 6.02. The lowest BCUT2D eigenvalue weighted by molar-refractivity contribution is -0.130. The van der Waals surface area contributed by atoms with E-state index >= 15 is 0 Å². The molecular weight excluding hydrogens is 224 g/mol. The number of likely N-dealkylation sites (N-methyl/N-ethyl adjacent to an activating group) is 1. The van der Waals surface area contributed by atoms with E-state index in [0.717, 1.165) is 5.92 Å². The van der Waals surface area contributed by atoms with Crippen LogP contribution in [-0.4, -0.2) is 36.5 Å². The van der Waals surface area contributed by atoms with Gasteiger partial charge in [-0.2, -0.15) is 0 Å². The molecule has 0 heterocycles. The summed E-state index contributed by atoms with van der Waals surface area (Å²) >= 11 is 0. The summed E-state index contributed by atoms with van der Waals surface area (Å²) < 4.78 is 0. The molecule has 1 amide bonds. The molecule has 18 heavy (non-hydrogen) atoms. The van der Waals surface area contributed by atoms with Crippen LogP contribution in [0.3, 0.4) is 0 Å². The molecule has 1 atom stereocenters. The van der Waals surface area contributed by atoms with Crippen molar-refractivity contribution in [2.75, 3.05) is 13.6 Å². The molecule has 0 spiro atoms. The molecule has 1 rings (SSSR count). The minimum absolute atomic E-state index is 0.200. The molecule has 1 aliphatic rings. The van der Waals surface area contributed by atoms with Crippen molar-refractivity contribution in [1.29, 1.82) is 0 Å². The highest BCUT2D eigenvalue weighted by Gasteiger charge is 2.20. The lowest BCUT2D eigenvalue weighted by Gasteiger charge is -2.26. The number of nitrogens with zero attached hydrogens (tertiary/aromatic N) is 1. The van der Waals surface area contributed by atoms with E-state index in [1.54, 1.807) is 0 Å². The van der Waals surface area contributed by atoms with Crippen LogP contribution in [0.25, 0.3) is 0 Å². The fourth-order valence-corrected chi connectivity index (χ4v) is 2.64. The average Bonchev–Trinajstić information content (AvgIpc) is 2.63. The van der Waals surface area contributed by atoms with Crippen molar-refractivity contribution in [3.8, 4) is 0 Å². The lowest BCUT2D eigenvalue weighted by Crippen LogP contribution is -2.43. The van der Waals surface area contributed by atoms with Crippen molar-refractivity contribution in [1.82, 2.24) is 10.2 Å². The van der Waals surface area contributed by atoms with Gasteiger partial charge in [0.2, 0.25) is 5.91 Å². The molecule has 1 saturated carbocycles. The molecule has 0 aromatic rings.